The highest BCUT2D eigenvalue weighted by Crippen LogP contribution is 2.10. The van der Waals surface area contributed by atoms with E-state index in [1.807, 2.05) is 6.26 Å². The number of guanidine groups is 1. The summed E-state index contributed by atoms with van der Waals surface area (Å²) < 4.78 is 0. The minimum absolute atomic E-state index is 0.0496. The van der Waals surface area contributed by atoms with E-state index >= 15 is 0 Å². The molecule has 0 rings (SSSR count). The van der Waals surface area contributed by atoms with Gasteiger partial charge in [-0.3, -0.25) is 24.2 Å². The van der Waals surface area contributed by atoms with Crippen LogP contribution in [0, 0.1) is 5.92 Å². The first-order valence-electron chi connectivity index (χ1n) is 12.0. The SMILES string of the molecule is CCC(C)C(NC(=O)C(CCCN=C(N)N)NC(=O)C(CCC(=O)O)NC(=O)C(N)CCSC)C(=O)O. The van der Waals surface area contributed by atoms with Crippen LogP contribution in [0.2, 0.25) is 0 Å². The van der Waals surface area contributed by atoms with Gasteiger partial charge in [-0.15, -0.1) is 0 Å². The van der Waals surface area contributed by atoms with E-state index in [0.29, 0.717) is 18.6 Å². The summed E-state index contributed by atoms with van der Waals surface area (Å²) in [4.78, 5) is 65.1. The Morgan fingerprint density at radius 2 is 1.49 bits per heavy atom. The van der Waals surface area contributed by atoms with Crippen molar-refractivity contribution < 1.29 is 34.2 Å². The van der Waals surface area contributed by atoms with Crippen LogP contribution in [0.25, 0.3) is 0 Å². The summed E-state index contributed by atoms with van der Waals surface area (Å²) in [6.07, 6.45) is 2.34. The second-order valence-corrected chi connectivity index (χ2v) is 9.59. The molecule has 0 saturated heterocycles. The number of aliphatic carboxylic acids is 2. The van der Waals surface area contributed by atoms with Crippen molar-refractivity contribution in [1.29, 1.82) is 0 Å². The number of nitrogens with two attached hydrogens (primary N) is 3. The van der Waals surface area contributed by atoms with E-state index in [9.17, 15) is 29.1 Å². The molecule has 0 aromatic carbocycles. The fraction of sp³-hybridized carbons (Fsp3) is 0.727. The largest absolute Gasteiger partial charge is 0.481 e. The molecule has 3 amide bonds. The Morgan fingerprint density at radius 3 is 2.00 bits per heavy atom. The Kier molecular flexibility index (Phi) is 16.7. The second kappa shape index (κ2) is 18.2. The molecule has 0 heterocycles. The molecule has 0 aromatic rings. The number of carboxylic acids is 2. The van der Waals surface area contributed by atoms with Crippen molar-refractivity contribution in [1.82, 2.24) is 16.0 Å². The van der Waals surface area contributed by atoms with Gasteiger partial charge in [-0.2, -0.15) is 11.8 Å². The van der Waals surface area contributed by atoms with Gasteiger partial charge < -0.3 is 43.4 Å². The Morgan fingerprint density at radius 1 is 0.919 bits per heavy atom. The van der Waals surface area contributed by atoms with Crippen LogP contribution < -0.4 is 33.2 Å². The molecule has 0 aliphatic carbocycles. The number of nitrogens with one attached hydrogen (secondary N) is 3. The van der Waals surface area contributed by atoms with Gasteiger partial charge in [0, 0.05) is 13.0 Å². The maximum Gasteiger partial charge on any atom is 0.326 e. The van der Waals surface area contributed by atoms with Crippen LogP contribution in [0.5, 0.6) is 0 Å². The summed E-state index contributed by atoms with van der Waals surface area (Å²) in [6.45, 7) is 3.60. The van der Waals surface area contributed by atoms with E-state index in [-0.39, 0.29) is 37.7 Å². The lowest BCUT2D eigenvalue weighted by molar-refractivity contribution is -0.144. The quantitative estimate of drug-likeness (QED) is 0.0528. The Labute approximate surface area is 220 Å². The molecule has 5 atom stereocenters. The molecule has 0 saturated carbocycles. The standard InChI is InChI=1S/C22H41N7O7S/c1-4-12(2)17(21(35)36)29-20(34)14(6-5-10-26-22(24)25)28-19(33)15(7-8-16(30)31)27-18(32)13(23)9-11-37-3/h12-15,17H,4-11,23H2,1-3H3,(H,27,32)(H,28,33)(H,29,34)(H,30,31)(H,35,36)(H4,24,25,26). The molecule has 5 unspecified atom stereocenters. The number of rotatable bonds is 19. The zero-order valence-electron chi connectivity index (χ0n) is 21.6. The minimum Gasteiger partial charge on any atom is -0.481 e. The molecule has 212 valence electrons. The van der Waals surface area contributed by atoms with Crippen LogP contribution in [0.3, 0.4) is 0 Å². The molecule has 0 radical (unpaired) electrons. The van der Waals surface area contributed by atoms with Crippen molar-refractivity contribution in [3.05, 3.63) is 0 Å². The van der Waals surface area contributed by atoms with Crippen molar-refractivity contribution in [2.75, 3.05) is 18.6 Å². The highest BCUT2D eigenvalue weighted by molar-refractivity contribution is 7.98. The van der Waals surface area contributed by atoms with Crippen LogP contribution in [0.15, 0.2) is 4.99 Å². The Hall–Kier alpha value is -3.07. The molecule has 11 N–H and O–H groups in total. The van der Waals surface area contributed by atoms with Gasteiger partial charge in [0.1, 0.15) is 18.1 Å². The van der Waals surface area contributed by atoms with Gasteiger partial charge in [0.2, 0.25) is 17.7 Å². The molecule has 15 heteroatoms. The van der Waals surface area contributed by atoms with Crippen molar-refractivity contribution in [2.24, 2.45) is 28.1 Å². The number of nitrogens with zero attached hydrogens (tertiary/aromatic N) is 1. The van der Waals surface area contributed by atoms with Crippen molar-refractivity contribution >= 4 is 47.4 Å². The highest BCUT2D eigenvalue weighted by Gasteiger charge is 2.32. The first kappa shape index (κ1) is 33.9. The predicted molar refractivity (Wildman–Crippen MR) is 141 cm³/mol. The van der Waals surface area contributed by atoms with Crippen LogP contribution in [-0.2, 0) is 24.0 Å². The third kappa shape index (κ3) is 14.3. The van der Waals surface area contributed by atoms with Crippen LogP contribution >= 0.6 is 11.8 Å². The van der Waals surface area contributed by atoms with E-state index in [4.69, 9.17) is 22.3 Å². The molecule has 0 bridgehead atoms. The second-order valence-electron chi connectivity index (χ2n) is 8.60. The molecule has 0 spiro atoms. The van der Waals surface area contributed by atoms with Gasteiger partial charge in [0.25, 0.3) is 0 Å². The maximum absolute atomic E-state index is 13.1. The van der Waals surface area contributed by atoms with Crippen molar-refractivity contribution in [3.63, 3.8) is 0 Å². The molecular weight excluding hydrogens is 506 g/mol. The number of carboxylic acid groups (broad SMARTS) is 2. The lowest BCUT2D eigenvalue weighted by atomic mass is 9.98. The summed E-state index contributed by atoms with van der Waals surface area (Å²) in [5.74, 6) is -4.50. The average Bonchev–Trinajstić information content (AvgIpc) is 2.83. The summed E-state index contributed by atoms with van der Waals surface area (Å²) in [5.41, 5.74) is 16.5. The zero-order valence-corrected chi connectivity index (χ0v) is 22.4. The Bertz CT molecular complexity index is 808. The summed E-state index contributed by atoms with van der Waals surface area (Å²) in [6, 6.07) is -4.56. The molecule has 0 aliphatic heterocycles. The smallest absolute Gasteiger partial charge is 0.326 e. The predicted octanol–water partition coefficient (Wildman–Crippen LogP) is -1.43. The molecule has 14 nitrogen and oxygen atoms in total. The van der Waals surface area contributed by atoms with Crippen LogP contribution in [0.1, 0.15) is 52.4 Å². The lowest BCUT2D eigenvalue weighted by Crippen LogP contribution is -2.57. The normalized spacial score (nSPS) is 14.8. The molecule has 0 fully saturated rings. The van der Waals surface area contributed by atoms with Crippen molar-refractivity contribution in [3.8, 4) is 0 Å². The summed E-state index contributed by atoms with van der Waals surface area (Å²) in [7, 11) is 0. The number of hydrogen-bond donors (Lipinski definition) is 8. The van der Waals surface area contributed by atoms with Gasteiger partial charge in [-0.1, -0.05) is 20.3 Å². The molecule has 37 heavy (non-hydrogen) atoms. The van der Waals surface area contributed by atoms with E-state index in [1.54, 1.807) is 13.8 Å². The maximum atomic E-state index is 13.1. The summed E-state index contributed by atoms with van der Waals surface area (Å²) >= 11 is 1.49. The van der Waals surface area contributed by atoms with Crippen LogP contribution in [0.4, 0.5) is 0 Å². The van der Waals surface area contributed by atoms with Gasteiger partial charge in [-0.05, 0) is 43.6 Å². The van der Waals surface area contributed by atoms with Gasteiger partial charge >= 0.3 is 11.9 Å². The first-order chi connectivity index (χ1) is 17.3. The van der Waals surface area contributed by atoms with Crippen LogP contribution in [-0.4, -0.2) is 88.6 Å². The third-order valence-electron chi connectivity index (χ3n) is 5.60. The Balaban J connectivity index is 5.71. The number of thioether (sulfide) groups is 1. The topological polar surface area (TPSA) is 252 Å². The summed E-state index contributed by atoms with van der Waals surface area (Å²) in [5, 5.41) is 26.0. The van der Waals surface area contributed by atoms with E-state index in [0.717, 1.165) is 0 Å². The average molecular weight is 548 g/mol. The number of carbonyl (C=O) groups is 5. The first-order valence-corrected chi connectivity index (χ1v) is 13.4. The van der Waals surface area contributed by atoms with Gasteiger partial charge in [-0.25, -0.2) is 4.79 Å². The molecular formula is C22H41N7O7S. The molecule has 0 aromatic heterocycles. The third-order valence-corrected chi connectivity index (χ3v) is 6.25. The fourth-order valence-electron chi connectivity index (χ4n) is 3.17. The number of aliphatic imine (C=N–C) groups is 1. The lowest BCUT2D eigenvalue weighted by Gasteiger charge is -2.26. The van der Waals surface area contributed by atoms with E-state index in [1.165, 1.54) is 11.8 Å². The molecule has 0 aliphatic rings. The van der Waals surface area contributed by atoms with Gasteiger partial charge in [0.05, 0.1) is 6.04 Å². The fourth-order valence-corrected chi connectivity index (χ4v) is 3.66. The van der Waals surface area contributed by atoms with Crippen molar-refractivity contribution in [2.45, 2.75) is 76.5 Å². The van der Waals surface area contributed by atoms with E-state index < -0.39 is 60.2 Å². The number of carbonyl (C=O) groups excluding carboxylic acids is 3. The van der Waals surface area contributed by atoms with Gasteiger partial charge in [0.15, 0.2) is 5.96 Å². The monoisotopic (exact) mass is 547 g/mol. The highest BCUT2D eigenvalue weighted by atomic mass is 32.2. The minimum atomic E-state index is -1.28. The number of amides is 3. The number of hydrogen-bond acceptors (Lipinski definition) is 8. The van der Waals surface area contributed by atoms with E-state index in [2.05, 4.69) is 20.9 Å². The zero-order chi connectivity index (χ0) is 28.5.